The zero-order valence-electron chi connectivity index (χ0n) is 24.8. The Kier molecular flexibility index (Phi) is 6.10. The van der Waals surface area contributed by atoms with Crippen molar-refractivity contribution in [3.63, 3.8) is 0 Å². The third-order valence-electron chi connectivity index (χ3n) is 8.97. The number of hydrogen-bond acceptors (Lipinski definition) is 4. The highest BCUT2D eigenvalue weighted by atomic mass is 14.8. The van der Waals surface area contributed by atoms with E-state index in [0.29, 0.717) is 0 Å². The molecule has 0 saturated carbocycles. The molecule has 0 saturated heterocycles. The Hall–Kier alpha value is -6.26. The first-order chi connectivity index (χ1) is 22.8. The van der Waals surface area contributed by atoms with E-state index in [-0.39, 0.29) is 0 Å². The lowest BCUT2D eigenvalue weighted by Crippen LogP contribution is -1.95. The van der Waals surface area contributed by atoms with E-state index >= 15 is 0 Å². The summed E-state index contributed by atoms with van der Waals surface area (Å²) in [5, 5.41) is 2.54. The molecule has 8 aromatic rings. The van der Waals surface area contributed by atoms with Crippen molar-refractivity contribution in [1.82, 2.24) is 19.9 Å². The van der Waals surface area contributed by atoms with E-state index in [9.17, 15) is 0 Å². The third kappa shape index (κ3) is 4.23. The SMILES string of the molecule is c1ccc(-c2cc(-c3cccc(-c4cncnc4)c3)c3c(c2-c2cccc(-c4cncnc4)c2)-c2cccc4cccc-3c24)cc1. The van der Waals surface area contributed by atoms with E-state index in [1.165, 1.54) is 55.3 Å². The van der Waals surface area contributed by atoms with E-state index < -0.39 is 0 Å². The Morgan fingerprint density at radius 1 is 0.304 bits per heavy atom. The predicted octanol–water partition coefficient (Wildman–Crippen LogP) is 10.4. The van der Waals surface area contributed by atoms with Gasteiger partial charge in [0.2, 0.25) is 0 Å². The number of benzene rings is 6. The minimum atomic E-state index is 0.992. The summed E-state index contributed by atoms with van der Waals surface area (Å²) in [6.07, 6.45) is 10.6. The number of nitrogens with zero attached hydrogens (tertiary/aromatic N) is 4. The fourth-order valence-electron chi connectivity index (χ4n) is 6.98. The van der Waals surface area contributed by atoms with Crippen LogP contribution in [0.25, 0.3) is 88.7 Å². The molecular weight excluding hydrogens is 560 g/mol. The van der Waals surface area contributed by atoms with Gasteiger partial charge >= 0.3 is 0 Å². The highest BCUT2D eigenvalue weighted by Crippen LogP contribution is 2.57. The maximum absolute atomic E-state index is 4.29. The molecule has 0 spiro atoms. The van der Waals surface area contributed by atoms with Crippen molar-refractivity contribution < 1.29 is 0 Å². The lowest BCUT2D eigenvalue weighted by Gasteiger charge is -2.21. The van der Waals surface area contributed by atoms with Crippen molar-refractivity contribution in [2.75, 3.05) is 0 Å². The third-order valence-corrected chi connectivity index (χ3v) is 8.97. The van der Waals surface area contributed by atoms with Crippen molar-refractivity contribution >= 4 is 10.8 Å². The summed E-state index contributed by atoms with van der Waals surface area (Å²) in [5.74, 6) is 0. The van der Waals surface area contributed by atoms with Crippen LogP contribution in [-0.2, 0) is 0 Å². The number of rotatable bonds is 5. The number of fused-ring (bicyclic) bond motifs is 3. The molecule has 4 nitrogen and oxygen atoms in total. The molecule has 214 valence electrons. The molecule has 0 unspecified atom stereocenters. The average Bonchev–Trinajstić information content (AvgIpc) is 3.48. The van der Waals surface area contributed by atoms with Crippen LogP contribution in [0.15, 0.2) is 159 Å². The van der Waals surface area contributed by atoms with Crippen LogP contribution in [-0.4, -0.2) is 19.9 Å². The largest absolute Gasteiger partial charge is 0.244 e. The first-order valence-corrected chi connectivity index (χ1v) is 15.3. The zero-order chi connectivity index (χ0) is 30.5. The van der Waals surface area contributed by atoms with Crippen molar-refractivity contribution in [3.8, 4) is 77.9 Å². The fraction of sp³-hybridized carbons (Fsp3) is 0. The maximum Gasteiger partial charge on any atom is 0.115 e. The Labute approximate surface area is 266 Å². The predicted molar refractivity (Wildman–Crippen MR) is 187 cm³/mol. The van der Waals surface area contributed by atoms with Gasteiger partial charge in [0.25, 0.3) is 0 Å². The molecule has 0 bridgehead atoms. The summed E-state index contributed by atoms with van der Waals surface area (Å²) in [5.41, 5.74) is 16.3. The van der Waals surface area contributed by atoms with E-state index in [4.69, 9.17) is 0 Å². The smallest absolute Gasteiger partial charge is 0.115 e. The second-order valence-corrected chi connectivity index (χ2v) is 11.6. The normalized spacial score (nSPS) is 11.5. The summed E-state index contributed by atoms with van der Waals surface area (Å²) in [6.45, 7) is 0. The van der Waals surface area contributed by atoms with E-state index in [2.05, 4.69) is 141 Å². The Balaban J connectivity index is 1.40. The summed E-state index contributed by atoms with van der Waals surface area (Å²) >= 11 is 0. The van der Waals surface area contributed by atoms with Crippen molar-refractivity contribution in [1.29, 1.82) is 0 Å². The molecular formula is C42H26N4. The lowest BCUT2D eigenvalue weighted by molar-refractivity contribution is 1.17. The second-order valence-electron chi connectivity index (χ2n) is 11.6. The van der Waals surface area contributed by atoms with Gasteiger partial charge in [0.15, 0.2) is 0 Å². The maximum atomic E-state index is 4.29. The van der Waals surface area contributed by atoms with Gasteiger partial charge in [-0.25, -0.2) is 19.9 Å². The molecule has 2 aromatic heterocycles. The minimum Gasteiger partial charge on any atom is -0.244 e. The monoisotopic (exact) mass is 586 g/mol. The van der Waals surface area contributed by atoms with Crippen molar-refractivity contribution in [2.24, 2.45) is 0 Å². The Morgan fingerprint density at radius 2 is 0.804 bits per heavy atom. The van der Waals surface area contributed by atoms with Gasteiger partial charge in [-0.2, -0.15) is 0 Å². The molecule has 46 heavy (non-hydrogen) atoms. The molecule has 0 aliphatic heterocycles. The van der Waals surface area contributed by atoms with Gasteiger partial charge in [-0.15, -0.1) is 0 Å². The molecule has 0 amide bonds. The van der Waals surface area contributed by atoms with Crippen LogP contribution in [0.1, 0.15) is 0 Å². The molecule has 0 N–H and O–H groups in total. The molecule has 9 rings (SSSR count). The molecule has 0 fully saturated rings. The van der Waals surface area contributed by atoms with Crippen LogP contribution >= 0.6 is 0 Å². The van der Waals surface area contributed by atoms with Crippen molar-refractivity contribution in [3.05, 3.63) is 159 Å². The van der Waals surface area contributed by atoms with Crippen LogP contribution in [0.5, 0.6) is 0 Å². The van der Waals surface area contributed by atoms with Gasteiger partial charge in [-0.1, -0.05) is 103 Å². The standard InChI is InChI=1S/C42H26N4/c1-2-8-27(9-3-1)37-20-38(31-14-4-12-29(18-31)33-21-43-25-44-22-33)41-35-16-6-10-28-11-7-17-36(39(28)35)42(41)40(37)32-15-5-13-30(19-32)34-23-45-26-46-24-34/h1-26H. The average molecular weight is 587 g/mol. The zero-order valence-corrected chi connectivity index (χ0v) is 24.8. The van der Waals surface area contributed by atoms with Crippen LogP contribution in [0.4, 0.5) is 0 Å². The van der Waals surface area contributed by atoms with Gasteiger partial charge in [-0.3, -0.25) is 0 Å². The van der Waals surface area contributed by atoms with Crippen LogP contribution < -0.4 is 0 Å². The molecule has 4 heteroatoms. The quantitative estimate of drug-likeness (QED) is 0.201. The van der Waals surface area contributed by atoms with Crippen LogP contribution in [0.2, 0.25) is 0 Å². The van der Waals surface area contributed by atoms with Gasteiger partial charge in [0.1, 0.15) is 12.7 Å². The molecule has 0 atom stereocenters. The fourth-order valence-corrected chi connectivity index (χ4v) is 6.98. The first-order valence-electron chi connectivity index (χ1n) is 15.3. The Morgan fingerprint density at radius 3 is 1.46 bits per heavy atom. The van der Waals surface area contributed by atoms with E-state index in [1.54, 1.807) is 12.7 Å². The van der Waals surface area contributed by atoms with E-state index in [0.717, 1.165) is 33.4 Å². The lowest BCUT2D eigenvalue weighted by atomic mass is 9.81. The molecule has 1 aliphatic carbocycles. The molecule has 0 radical (unpaired) electrons. The first kappa shape index (κ1) is 26.2. The van der Waals surface area contributed by atoms with Gasteiger partial charge in [0.05, 0.1) is 0 Å². The minimum absolute atomic E-state index is 0.992. The van der Waals surface area contributed by atoms with E-state index in [1.807, 2.05) is 24.8 Å². The second kappa shape index (κ2) is 10.7. The summed E-state index contributed by atoms with van der Waals surface area (Å²) in [7, 11) is 0. The van der Waals surface area contributed by atoms with Gasteiger partial charge < -0.3 is 0 Å². The van der Waals surface area contributed by atoms with Gasteiger partial charge in [0, 0.05) is 35.9 Å². The summed E-state index contributed by atoms with van der Waals surface area (Å²) in [6, 6.07) is 44.0. The van der Waals surface area contributed by atoms with Crippen LogP contribution in [0, 0.1) is 0 Å². The topological polar surface area (TPSA) is 51.6 Å². The summed E-state index contributed by atoms with van der Waals surface area (Å²) in [4.78, 5) is 17.2. The van der Waals surface area contributed by atoms with Gasteiger partial charge in [-0.05, 0) is 95.7 Å². The molecule has 2 heterocycles. The van der Waals surface area contributed by atoms with Crippen molar-refractivity contribution in [2.45, 2.75) is 0 Å². The highest BCUT2D eigenvalue weighted by molar-refractivity contribution is 6.22. The Bertz CT molecular complexity index is 2400. The number of aromatic nitrogens is 4. The molecule has 1 aliphatic rings. The van der Waals surface area contributed by atoms with Crippen LogP contribution in [0.3, 0.4) is 0 Å². The highest BCUT2D eigenvalue weighted by Gasteiger charge is 2.30. The molecule has 6 aromatic carbocycles. The number of hydrogen-bond donors (Lipinski definition) is 0. The summed E-state index contributed by atoms with van der Waals surface area (Å²) < 4.78 is 0.